The summed E-state index contributed by atoms with van der Waals surface area (Å²) in [4.78, 5) is 13.7. The van der Waals surface area contributed by atoms with Gasteiger partial charge in [0.15, 0.2) is 5.78 Å². The van der Waals surface area contributed by atoms with Gasteiger partial charge in [-0.15, -0.1) is 0 Å². The van der Waals surface area contributed by atoms with E-state index in [1.54, 1.807) is 30.2 Å². The van der Waals surface area contributed by atoms with E-state index in [9.17, 15) is 9.18 Å². The molecule has 0 saturated carbocycles. The highest BCUT2D eigenvalue weighted by atomic mass is 19.1. The normalized spacial score (nSPS) is 10.9. The number of ketones is 1. The molecule has 0 spiro atoms. The Morgan fingerprint density at radius 2 is 2.11 bits per heavy atom. The number of aliphatic hydroxyl groups excluding tert-OH is 1. The molecule has 0 heterocycles. The molecule has 0 unspecified atom stereocenters. The zero-order chi connectivity index (χ0) is 14.1. The number of hydrogen-bond donors (Lipinski definition) is 1. The van der Waals surface area contributed by atoms with E-state index in [0.717, 1.165) is 0 Å². The maximum atomic E-state index is 13.4. The highest BCUT2D eigenvalue weighted by Crippen LogP contribution is 2.07. The zero-order valence-electron chi connectivity index (χ0n) is 11.1. The van der Waals surface area contributed by atoms with Crippen LogP contribution in [0.3, 0.4) is 0 Å². The first-order valence-corrected chi connectivity index (χ1v) is 6.24. The van der Waals surface area contributed by atoms with Crippen LogP contribution in [0, 0.1) is 5.82 Å². The third-order valence-corrected chi connectivity index (χ3v) is 2.77. The topological polar surface area (TPSA) is 49.8 Å². The number of nitrogens with zero attached hydrogens (tertiary/aromatic N) is 1. The minimum atomic E-state index is -0.360. The van der Waals surface area contributed by atoms with Crippen molar-refractivity contribution in [3.63, 3.8) is 0 Å². The van der Waals surface area contributed by atoms with Gasteiger partial charge in [0.05, 0.1) is 19.8 Å². The van der Waals surface area contributed by atoms with E-state index >= 15 is 0 Å². The zero-order valence-corrected chi connectivity index (χ0v) is 11.1. The molecule has 0 saturated heterocycles. The average Bonchev–Trinajstić information content (AvgIpc) is 2.39. The van der Waals surface area contributed by atoms with E-state index in [2.05, 4.69) is 0 Å². The molecule has 0 atom stereocenters. The van der Waals surface area contributed by atoms with Crippen LogP contribution in [0.25, 0.3) is 0 Å². The Kier molecular flexibility index (Phi) is 7.25. The van der Waals surface area contributed by atoms with Gasteiger partial charge in [-0.25, -0.2) is 4.39 Å². The Bertz CT molecular complexity index is 398. The van der Waals surface area contributed by atoms with E-state index in [1.165, 1.54) is 6.07 Å². The number of halogens is 1. The number of Topliss-reactive ketones (excluding diaryl/α,β-unsaturated/α-hetero) is 1. The summed E-state index contributed by atoms with van der Waals surface area (Å²) in [6.45, 7) is 1.65. The van der Waals surface area contributed by atoms with Gasteiger partial charge >= 0.3 is 0 Å². The molecule has 0 aliphatic carbocycles. The quantitative estimate of drug-likeness (QED) is 0.723. The second-order valence-electron chi connectivity index (χ2n) is 4.30. The highest BCUT2D eigenvalue weighted by Gasteiger charge is 2.12. The van der Waals surface area contributed by atoms with Gasteiger partial charge in [0.2, 0.25) is 0 Å². The number of hydrogen-bond acceptors (Lipinski definition) is 4. The molecule has 0 radical (unpaired) electrons. The van der Waals surface area contributed by atoms with Crippen molar-refractivity contribution in [1.29, 1.82) is 0 Å². The van der Waals surface area contributed by atoms with Gasteiger partial charge in [-0.2, -0.15) is 0 Å². The molecule has 0 aromatic heterocycles. The number of rotatable bonds is 9. The minimum absolute atomic E-state index is 0.0172. The molecule has 5 heteroatoms. The maximum absolute atomic E-state index is 13.4. The van der Waals surface area contributed by atoms with Gasteiger partial charge in [-0.05, 0) is 11.6 Å². The van der Waals surface area contributed by atoms with Gasteiger partial charge in [0, 0.05) is 26.6 Å². The van der Waals surface area contributed by atoms with Gasteiger partial charge < -0.3 is 9.84 Å². The Labute approximate surface area is 112 Å². The van der Waals surface area contributed by atoms with Crippen molar-refractivity contribution in [1.82, 2.24) is 4.90 Å². The summed E-state index contributed by atoms with van der Waals surface area (Å²) in [7, 11) is 1.58. The summed E-state index contributed by atoms with van der Waals surface area (Å²) in [6, 6.07) is 6.26. The Morgan fingerprint density at radius 3 is 2.74 bits per heavy atom. The van der Waals surface area contributed by atoms with E-state index in [-0.39, 0.29) is 31.2 Å². The predicted octanol–water partition coefficient (Wildman–Crippen LogP) is 0.878. The van der Waals surface area contributed by atoms with Crippen molar-refractivity contribution in [3.05, 3.63) is 35.6 Å². The number of ether oxygens (including phenoxy) is 1. The molecule has 19 heavy (non-hydrogen) atoms. The number of carbonyl (C=O) groups excluding carboxylic acids is 1. The van der Waals surface area contributed by atoms with Crippen molar-refractivity contribution in [3.8, 4) is 0 Å². The summed E-state index contributed by atoms with van der Waals surface area (Å²) in [5.41, 5.74) is 0.406. The summed E-state index contributed by atoms with van der Waals surface area (Å²) in [5.74, 6) is -0.434. The third kappa shape index (κ3) is 5.92. The largest absolute Gasteiger partial charge is 0.395 e. The van der Waals surface area contributed by atoms with Crippen LogP contribution in [-0.2, 0) is 16.0 Å². The third-order valence-electron chi connectivity index (χ3n) is 2.77. The summed E-state index contributed by atoms with van der Waals surface area (Å²) < 4.78 is 18.4. The van der Waals surface area contributed by atoms with Gasteiger partial charge in [-0.3, -0.25) is 9.69 Å². The van der Waals surface area contributed by atoms with E-state index in [0.29, 0.717) is 25.3 Å². The highest BCUT2D eigenvalue weighted by molar-refractivity contribution is 5.82. The second-order valence-corrected chi connectivity index (χ2v) is 4.30. The molecule has 0 aliphatic rings. The molecular formula is C14H20FNO3. The average molecular weight is 269 g/mol. The molecule has 1 rings (SSSR count). The lowest BCUT2D eigenvalue weighted by molar-refractivity contribution is -0.119. The number of methoxy groups -OCH3 is 1. The van der Waals surface area contributed by atoms with Crippen molar-refractivity contribution in [2.24, 2.45) is 0 Å². The fraction of sp³-hybridized carbons (Fsp3) is 0.500. The van der Waals surface area contributed by atoms with Crippen LogP contribution >= 0.6 is 0 Å². The molecular weight excluding hydrogens is 249 g/mol. The molecule has 0 amide bonds. The maximum Gasteiger partial charge on any atom is 0.151 e. The smallest absolute Gasteiger partial charge is 0.151 e. The standard InChI is InChI=1S/C14H20FNO3/c1-19-9-7-16(6-8-17)11-13(18)10-12-4-2-3-5-14(12)15/h2-5,17H,6-11H2,1H3. The van der Waals surface area contributed by atoms with Crippen LogP contribution in [0.2, 0.25) is 0 Å². The van der Waals surface area contributed by atoms with Crippen LogP contribution in [-0.4, -0.2) is 55.7 Å². The van der Waals surface area contributed by atoms with Gasteiger partial charge in [0.1, 0.15) is 5.82 Å². The van der Waals surface area contributed by atoms with Crippen LogP contribution in [0.1, 0.15) is 5.56 Å². The van der Waals surface area contributed by atoms with Crippen molar-refractivity contribution >= 4 is 5.78 Å². The first-order chi connectivity index (χ1) is 9.17. The summed E-state index contributed by atoms with van der Waals surface area (Å²) >= 11 is 0. The molecule has 4 nitrogen and oxygen atoms in total. The van der Waals surface area contributed by atoms with Crippen LogP contribution in [0.4, 0.5) is 4.39 Å². The monoisotopic (exact) mass is 269 g/mol. The fourth-order valence-electron chi connectivity index (χ4n) is 1.79. The Balaban J connectivity index is 2.50. The number of benzene rings is 1. The second kappa shape index (κ2) is 8.74. The van der Waals surface area contributed by atoms with E-state index in [1.807, 2.05) is 0 Å². The first kappa shape index (κ1) is 15.8. The van der Waals surface area contributed by atoms with Crippen molar-refractivity contribution in [2.45, 2.75) is 6.42 Å². The van der Waals surface area contributed by atoms with Crippen molar-refractivity contribution in [2.75, 3.05) is 40.0 Å². The molecule has 0 aliphatic heterocycles. The molecule has 1 aromatic rings. The van der Waals surface area contributed by atoms with Crippen LogP contribution < -0.4 is 0 Å². The number of aliphatic hydroxyl groups is 1. The molecule has 106 valence electrons. The lowest BCUT2D eigenvalue weighted by Crippen LogP contribution is -2.35. The predicted molar refractivity (Wildman–Crippen MR) is 70.5 cm³/mol. The van der Waals surface area contributed by atoms with E-state index in [4.69, 9.17) is 9.84 Å². The van der Waals surface area contributed by atoms with Crippen LogP contribution in [0.5, 0.6) is 0 Å². The SMILES string of the molecule is COCCN(CCO)CC(=O)Cc1ccccc1F. The molecule has 1 aromatic carbocycles. The molecule has 1 N–H and O–H groups in total. The van der Waals surface area contributed by atoms with E-state index < -0.39 is 0 Å². The van der Waals surface area contributed by atoms with Crippen molar-refractivity contribution < 1.29 is 19.0 Å². The first-order valence-electron chi connectivity index (χ1n) is 6.24. The lowest BCUT2D eigenvalue weighted by atomic mass is 10.1. The number of carbonyl (C=O) groups is 1. The van der Waals surface area contributed by atoms with Crippen LogP contribution in [0.15, 0.2) is 24.3 Å². The molecule has 0 fully saturated rings. The fourth-order valence-corrected chi connectivity index (χ4v) is 1.79. The Morgan fingerprint density at radius 1 is 1.37 bits per heavy atom. The lowest BCUT2D eigenvalue weighted by Gasteiger charge is -2.19. The summed E-state index contributed by atoms with van der Waals surface area (Å²) in [5, 5.41) is 8.93. The van der Waals surface area contributed by atoms with Gasteiger partial charge in [0.25, 0.3) is 0 Å². The molecule has 0 bridgehead atoms. The Hall–Kier alpha value is -1.30. The van der Waals surface area contributed by atoms with Gasteiger partial charge in [-0.1, -0.05) is 18.2 Å². The summed E-state index contributed by atoms with van der Waals surface area (Å²) in [6.07, 6.45) is 0.0710. The minimum Gasteiger partial charge on any atom is -0.395 e.